The molecule has 1 aromatic heterocycles. The first-order valence-corrected chi connectivity index (χ1v) is 10.8. The Morgan fingerprint density at radius 3 is 2.53 bits per heavy atom. The van der Waals surface area contributed by atoms with E-state index in [9.17, 15) is 34.2 Å². The molecule has 1 aliphatic heterocycles. The average molecular weight is 504 g/mol. The number of rotatable bonds is 11. The van der Waals surface area contributed by atoms with Crippen molar-refractivity contribution in [3.63, 3.8) is 0 Å². The largest absolute Gasteiger partial charge is 0.481 e. The number of aliphatic hydroxyl groups is 1. The SMILES string of the molecule is Nc1nc2c(c(=O)[nH]1)[N+](C=O)(CO)C(CNc1ccc(C(=O)NC(CCC(=O)O)C(=O)O)cc1)CN2. The van der Waals surface area contributed by atoms with Gasteiger partial charge in [-0.2, -0.15) is 9.47 Å². The number of hydrogen-bond donors (Lipinski definition) is 8. The summed E-state index contributed by atoms with van der Waals surface area (Å²) in [7, 11) is 0. The molecule has 0 fully saturated rings. The standard InChI is InChI=1S/C21H25N7O8/c22-21-26-17-16(19(34)27-21)28(9-29,10-30)13(8-24-17)7-23-12-3-1-11(2-4-12)18(33)25-14(20(35)36)5-6-15(31)32/h1-4,9,13-14,30H,5-8,10H2,(H7-,22,23,24,25,26,27,31,32,33,34,35,36)/p+1. The maximum Gasteiger partial charge on any atom is 0.326 e. The molecule has 3 atom stereocenters. The van der Waals surface area contributed by atoms with Crippen molar-refractivity contribution in [3.05, 3.63) is 40.2 Å². The lowest BCUT2D eigenvalue weighted by Crippen LogP contribution is -2.65. The number of benzene rings is 1. The van der Waals surface area contributed by atoms with Gasteiger partial charge in [-0.1, -0.05) is 0 Å². The molecule has 1 aromatic carbocycles. The van der Waals surface area contributed by atoms with Crippen molar-refractivity contribution in [2.45, 2.75) is 24.9 Å². The number of aromatic nitrogens is 2. The maximum atomic E-state index is 12.5. The molecular weight excluding hydrogens is 478 g/mol. The van der Waals surface area contributed by atoms with Crippen LogP contribution in [0.2, 0.25) is 0 Å². The van der Waals surface area contributed by atoms with Crippen LogP contribution in [0.5, 0.6) is 0 Å². The highest BCUT2D eigenvalue weighted by Crippen LogP contribution is 2.32. The number of anilines is 3. The van der Waals surface area contributed by atoms with Gasteiger partial charge in [-0.05, 0) is 30.7 Å². The zero-order valence-electron chi connectivity index (χ0n) is 18.9. The molecule has 0 bridgehead atoms. The van der Waals surface area contributed by atoms with E-state index in [0.717, 1.165) is 0 Å². The molecule has 0 saturated heterocycles. The molecule has 3 unspecified atom stereocenters. The van der Waals surface area contributed by atoms with Gasteiger partial charge in [-0.15, -0.1) is 0 Å². The molecule has 0 radical (unpaired) electrons. The second-order valence-corrected chi connectivity index (χ2v) is 8.12. The lowest BCUT2D eigenvalue weighted by molar-refractivity contribution is -0.140. The topological polar surface area (TPSA) is 237 Å². The number of nitrogen functional groups attached to an aromatic ring is 1. The summed E-state index contributed by atoms with van der Waals surface area (Å²) in [4.78, 5) is 65.3. The van der Waals surface area contributed by atoms with E-state index in [4.69, 9.17) is 10.8 Å². The van der Waals surface area contributed by atoms with Crippen LogP contribution < -0.4 is 31.7 Å². The van der Waals surface area contributed by atoms with E-state index >= 15 is 0 Å². The predicted molar refractivity (Wildman–Crippen MR) is 127 cm³/mol. The Labute approximate surface area is 203 Å². The van der Waals surface area contributed by atoms with Crippen LogP contribution in [0.1, 0.15) is 23.2 Å². The summed E-state index contributed by atoms with van der Waals surface area (Å²) in [5, 5.41) is 36.3. The lowest BCUT2D eigenvalue weighted by atomic mass is 10.1. The van der Waals surface area contributed by atoms with Crippen molar-refractivity contribution < 1.29 is 34.5 Å². The van der Waals surface area contributed by atoms with Gasteiger partial charge < -0.3 is 37.0 Å². The Balaban J connectivity index is 1.70. The zero-order chi connectivity index (χ0) is 26.5. The quantitative estimate of drug-likeness (QED) is 0.132. The van der Waals surface area contributed by atoms with E-state index in [1.54, 1.807) is 12.1 Å². The highest BCUT2D eigenvalue weighted by molar-refractivity contribution is 5.97. The fourth-order valence-electron chi connectivity index (χ4n) is 3.89. The molecule has 36 heavy (non-hydrogen) atoms. The van der Waals surface area contributed by atoms with Gasteiger partial charge in [0.05, 0.1) is 13.1 Å². The Kier molecular flexibility index (Phi) is 7.86. The summed E-state index contributed by atoms with van der Waals surface area (Å²) in [5.41, 5.74) is 5.54. The Bertz CT molecular complexity index is 1220. The van der Waals surface area contributed by atoms with Gasteiger partial charge in [0, 0.05) is 17.7 Å². The number of carboxylic acid groups (broad SMARTS) is 2. The number of hydrogen-bond acceptors (Lipinski definition) is 10. The number of nitrogens with zero attached hydrogens (tertiary/aromatic N) is 2. The van der Waals surface area contributed by atoms with Crippen LogP contribution in [-0.4, -0.2) is 81.4 Å². The molecule has 0 spiro atoms. The van der Waals surface area contributed by atoms with Crippen molar-refractivity contribution in [2.24, 2.45) is 0 Å². The van der Waals surface area contributed by atoms with Gasteiger partial charge in [-0.25, -0.2) is 9.59 Å². The molecule has 3 rings (SSSR count). The van der Waals surface area contributed by atoms with Crippen LogP contribution >= 0.6 is 0 Å². The van der Waals surface area contributed by atoms with Gasteiger partial charge in [0.25, 0.3) is 11.6 Å². The van der Waals surface area contributed by atoms with Gasteiger partial charge >= 0.3 is 23.9 Å². The van der Waals surface area contributed by atoms with Crippen LogP contribution in [0, 0.1) is 0 Å². The summed E-state index contributed by atoms with van der Waals surface area (Å²) in [6.07, 6.45) is -0.207. The van der Waals surface area contributed by atoms with E-state index in [0.29, 0.717) is 12.1 Å². The zero-order valence-corrected chi connectivity index (χ0v) is 18.9. The van der Waals surface area contributed by atoms with Crippen molar-refractivity contribution in [1.82, 2.24) is 19.8 Å². The summed E-state index contributed by atoms with van der Waals surface area (Å²) in [6, 6.07) is 4.01. The second kappa shape index (κ2) is 10.8. The molecule has 2 amide bonds. The van der Waals surface area contributed by atoms with Crippen molar-refractivity contribution in [2.75, 3.05) is 36.2 Å². The number of carboxylic acids is 2. The van der Waals surface area contributed by atoms with E-state index < -0.39 is 53.1 Å². The minimum atomic E-state index is -1.35. The van der Waals surface area contributed by atoms with Crippen molar-refractivity contribution in [1.29, 1.82) is 0 Å². The number of nitrogens with two attached hydrogens (primary N) is 1. The third-order valence-corrected chi connectivity index (χ3v) is 5.85. The highest BCUT2D eigenvalue weighted by atomic mass is 16.4. The Morgan fingerprint density at radius 1 is 1.25 bits per heavy atom. The average Bonchev–Trinajstić information content (AvgIpc) is 2.84. The number of carbonyl (C=O) groups excluding carboxylic acids is 2. The molecule has 9 N–H and O–H groups in total. The summed E-state index contributed by atoms with van der Waals surface area (Å²) in [5.74, 6) is -3.23. The van der Waals surface area contributed by atoms with Gasteiger partial charge in [0.15, 0.2) is 12.5 Å². The number of fused-ring (bicyclic) bond motifs is 1. The third kappa shape index (κ3) is 5.42. The van der Waals surface area contributed by atoms with E-state index in [2.05, 4.69) is 25.9 Å². The third-order valence-electron chi connectivity index (χ3n) is 5.85. The first-order chi connectivity index (χ1) is 17.1. The second-order valence-electron chi connectivity index (χ2n) is 8.12. The predicted octanol–water partition coefficient (Wildman–Crippen LogP) is -1.28. The maximum absolute atomic E-state index is 12.5. The molecule has 0 saturated carbocycles. The van der Waals surface area contributed by atoms with Crippen LogP contribution in [0.15, 0.2) is 29.1 Å². The van der Waals surface area contributed by atoms with Crippen LogP contribution in [0.25, 0.3) is 0 Å². The van der Waals surface area contributed by atoms with E-state index in [1.807, 2.05) is 0 Å². The fraction of sp³-hybridized carbons (Fsp3) is 0.333. The molecular formula is C21H26N7O8+. The number of carbonyl (C=O) groups is 4. The summed E-state index contributed by atoms with van der Waals surface area (Å²) >= 11 is 0. The van der Waals surface area contributed by atoms with Crippen molar-refractivity contribution in [3.8, 4) is 0 Å². The minimum Gasteiger partial charge on any atom is -0.481 e. The van der Waals surface area contributed by atoms with Gasteiger partial charge in [0.2, 0.25) is 5.95 Å². The van der Waals surface area contributed by atoms with E-state index in [-0.39, 0.29) is 42.5 Å². The first-order valence-electron chi connectivity index (χ1n) is 10.8. The van der Waals surface area contributed by atoms with E-state index in [1.165, 1.54) is 12.1 Å². The number of aliphatic carboxylic acids is 2. The Hall–Kier alpha value is -4.50. The Morgan fingerprint density at radius 2 is 1.94 bits per heavy atom. The normalized spacial score (nSPS) is 19.3. The van der Waals surface area contributed by atoms with Crippen LogP contribution in [0.3, 0.4) is 0 Å². The first kappa shape index (κ1) is 26.1. The van der Waals surface area contributed by atoms with Crippen LogP contribution in [-0.2, 0) is 14.4 Å². The molecule has 0 aliphatic carbocycles. The summed E-state index contributed by atoms with van der Waals surface area (Å²) in [6.45, 7) is -0.370. The van der Waals surface area contributed by atoms with Gasteiger partial charge in [0.1, 0.15) is 12.1 Å². The monoisotopic (exact) mass is 504 g/mol. The molecule has 2 heterocycles. The smallest absolute Gasteiger partial charge is 0.326 e. The molecule has 1 aliphatic rings. The number of amides is 2. The number of aliphatic hydroxyl groups excluding tert-OH is 1. The molecule has 192 valence electrons. The number of quaternary nitrogens is 1. The minimum absolute atomic E-state index is 0.0670. The number of aromatic amines is 1. The summed E-state index contributed by atoms with van der Waals surface area (Å²) < 4.78 is -0.703. The molecule has 15 nitrogen and oxygen atoms in total. The van der Waals surface area contributed by atoms with Crippen molar-refractivity contribution >= 4 is 47.4 Å². The number of H-pyrrole nitrogens is 1. The molecule has 2 aromatic rings. The molecule has 15 heteroatoms. The van der Waals surface area contributed by atoms with Gasteiger partial charge in [-0.3, -0.25) is 19.4 Å². The number of nitrogens with one attached hydrogen (secondary N) is 4. The fourth-order valence-corrected chi connectivity index (χ4v) is 3.89. The lowest BCUT2D eigenvalue weighted by Gasteiger charge is -2.40. The van der Waals surface area contributed by atoms with Crippen LogP contribution in [0.4, 0.5) is 23.1 Å². The highest BCUT2D eigenvalue weighted by Gasteiger charge is 2.47.